The zero-order chi connectivity index (χ0) is 13.7. The average molecular weight is 276 g/mol. The third-order valence-corrected chi connectivity index (χ3v) is 3.88. The molecule has 0 aliphatic rings. The molecule has 0 bridgehead atoms. The van der Waals surface area contributed by atoms with Crippen molar-refractivity contribution in [2.24, 2.45) is 0 Å². The van der Waals surface area contributed by atoms with E-state index in [0.717, 1.165) is 17.9 Å². The minimum absolute atomic E-state index is 0.262. The van der Waals surface area contributed by atoms with Crippen LogP contribution in [0.4, 0.5) is 0 Å². The summed E-state index contributed by atoms with van der Waals surface area (Å²) in [5, 5.41) is 5.72. The minimum atomic E-state index is 0.262. The zero-order valence-electron chi connectivity index (χ0n) is 11.6. The van der Waals surface area contributed by atoms with Crippen LogP contribution in [0.25, 0.3) is 0 Å². The predicted octanol–water partition coefficient (Wildman–Crippen LogP) is 3.95. The number of benzene rings is 1. The van der Waals surface area contributed by atoms with Crippen molar-refractivity contribution in [2.75, 3.05) is 7.11 Å². The van der Waals surface area contributed by atoms with Gasteiger partial charge in [0.2, 0.25) is 0 Å². The Bertz CT molecular complexity index is 481. The van der Waals surface area contributed by atoms with Crippen molar-refractivity contribution in [3.63, 3.8) is 0 Å². The number of methoxy groups -OCH3 is 1. The van der Waals surface area contributed by atoms with Crippen LogP contribution in [-0.2, 0) is 0 Å². The Morgan fingerprint density at radius 3 is 2.58 bits per heavy atom. The number of ether oxygens (including phenoxy) is 1. The van der Waals surface area contributed by atoms with E-state index in [1.165, 1.54) is 5.56 Å². The number of rotatable bonds is 6. The third-order valence-electron chi connectivity index (χ3n) is 3.27. The normalized spacial score (nSPS) is 14.1. The van der Waals surface area contributed by atoms with E-state index in [1.54, 1.807) is 18.4 Å². The van der Waals surface area contributed by atoms with Crippen LogP contribution < -0.4 is 10.1 Å². The van der Waals surface area contributed by atoms with Crippen molar-refractivity contribution >= 4 is 11.3 Å². The minimum Gasteiger partial charge on any atom is -0.497 e. The second-order valence-electron chi connectivity index (χ2n) is 4.54. The van der Waals surface area contributed by atoms with Crippen LogP contribution >= 0.6 is 11.3 Å². The average Bonchev–Trinajstić information content (AvgIpc) is 2.99. The van der Waals surface area contributed by atoms with Gasteiger partial charge in [-0.05, 0) is 31.0 Å². The summed E-state index contributed by atoms with van der Waals surface area (Å²) in [6.45, 7) is 4.34. The van der Waals surface area contributed by atoms with Gasteiger partial charge in [0.15, 0.2) is 0 Å². The first-order valence-corrected chi connectivity index (χ1v) is 7.47. The van der Waals surface area contributed by atoms with Crippen LogP contribution in [0, 0.1) is 0 Å². The monoisotopic (exact) mass is 276 g/mol. The molecule has 0 amide bonds. The van der Waals surface area contributed by atoms with Crippen LogP contribution in [0.3, 0.4) is 0 Å². The summed E-state index contributed by atoms with van der Waals surface area (Å²) in [6, 6.07) is 8.85. The quantitative estimate of drug-likeness (QED) is 0.867. The van der Waals surface area contributed by atoms with Gasteiger partial charge in [0, 0.05) is 17.5 Å². The molecule has 2 aromatic rings. The zero-order valence-corrected chi connectivity index (χ0v) is 12.4. The smallest absolute Gasteiger partial charge is 0.118 e. The van der Waals surface area contributed by atoms with Crippen LogP contribution in [0.5, 0.6) is 5.75 Å². The Morgan fingerprint density at radius 1 is 1.32 bits per heavy atom. The van der Waals surface area contributed by atoms with E-state index < -0.39 is 0 Å². The Hall–Kier alpha value is -1.39. The van der Waals surface area contributed by atoms with Gasteiger partial charge in [-0.25, -0.2) is 4.98 Å². The summed E-state index contributed by atoms with van der Waals surface area (Å²) in [5.74, 6) is 0.895. The van der Waals surface area contributed by atoms with Gasteiger partial charge >= 0.3 is 0 Å². The topological polar surface area (TPSA) is 34.2 Å². The number of aromatic nitrogens is 1. The molecular weight excluding hydrogens is 256 g/mol. The van der Waals surface area contributed by atoms with Gasteiger partial charge in [-0.2, -0.15) is 0 Å². The second-order valence-corrected chi connectivity index (χ2v) is 5.25. The van der Waals surface area contributed by atoms with E-state index >= 15 is 0 Å². The largest absolute Gasteiger partial charge is 0.497 e. The fourth-order valence-corrected chi connectivity index (χ4v) is 2.76. The van der Waals surface area contributed by atoms with E-state index in [4.69, 9.17) is 4.74 Å². The van der Waals surface area contributed by atoms with Gasteiger partial charge in [0.1, 0.15) is 5.75 Å². The number of nitrogens with one attached hydrogen (secondary N) is 1. The molecule has 2 rings (SSSR count). The lowest BCUT2D eigenvalue weighted by Gasteiger charge is -2.22. The first kappa shape index (κ1) is 14.0. The summed E-state index contributed by atoms with van der Waals surface area (Å²) in [5.41, 5.74) is 4.27. The molecule has 19 heavy (non-hydrogen) atoms. The molecule has 3 nitrogen and oxygen atoms in total. The molecule has 2 unspecified atom stereocenters. The highest BCUT2D eigenvalue weighted by Gasteiger charge is 2.14. The number of hydrogen-bond donors (Lipinski definition) is 1. The van der Waals surface area contributed by atoms with E-state index in [2.05, 4.69) is 41.7 Å². The summed E-state index contributed by atoms with van der Waals surface area (Å²) < 4.78 is 5.19. The first-order valence-electron chi connectivity index (χ1n) is 6.52. The van der Waals surface area contributed by atoms with Gasteiger partial charge in [-0.15, -0.1) is 11.3 Å². The molecule has 0 saturated heterocycles. The molecule has 0 aliphatic carbocycles. The Morgan fingerprint density at radius 2 is 2.05 bits per heavy atom. The maximum atomic E-state index is 5.19. The highest BCUT2D eigenvalue weighted by Crippen LogP contribution is 2.23. The van der Waals surface area contributed by atoms with Crippen LogP contribution in [-0.4, -0.2) is 12.1 Å². The van der Waals surface area contributed by atoms with E-state index in [9.17, 15) is 0 Å². The van der Waals surface area contributed by atoms with Crippen molar-refractivity contribution in [3.8, 4) is 5.75 Å². The molecule has 0 fully saturated rings. The van der Waals surface area contributed by atoms with Gasteiger partial charge in [-0.1, -0.05) is 19.1 Å². The van der Waals surface area contributed by atoms with Gasteiger partial charge in [-0.3, -0.25) is 0 Å². The summed E-state index contributed by atoms with van der Waals surface area (Å²) >= 11 is 1.64. The van der Waals surface area contributed by atoms with Crippen molar-refractivity contribution in [3.05, 3.63) is 46.4 Å². The standard InChI is InChI=1S/C15H20N2OS/c1-4-14(12-5-7-13(18-3)8-6-12)17-11(2)15-9-19-10-16-15/h5-11,14,17H,4H2,1-3H3. The highest BCUT2D eigenvalue weighted by molar-refractivity contribution is 7.07. The van der Waals surface area contributed by atoms with Crippen molar-refractivity contribution in [1.29, 1.82) is 0 Å². The molecule has 0 spiro atoms. The van der Waals surface area contributed by atoms with Gasteiger partial charge in [0.05, 0.1) is 18.3 Å². The SMILES string of the molecule is CCC(NC(C)c1cscn1)c1ccc(OC)cc1. The first-order chi connectivity index (χ1) is 9.24. The van der Waals surface area contributed by atoms with Gasteiger partial charge < -0.3 is 10.1 Å². The van der Waals surface area contributed by atoms with Gasteiger partial charge in [0.25, 0.3) is 0 Å². The molecule has 0 radical (unpaired) electrons. The fraction of sp³-hybridized carbons (Fsp3) is 0.400. The van der Waals surface area contributed by atoms with E-state index in [1.807, 2.05) is 17.6 Å². The predicted molar refractivity (Wildman–Crippen MR) is 79.7 cm³/mol. The van der Waals surface area contributed by atoms with Crippen LogP contribution in [0.2, 0.25) is 0 Å². The molecule has 2 atom stereocenters. The fourth-order valence-electron chi connectivity index (χ4n) is 2.11. The molecule has 1 aromatic carbocycles. The molecule has 0 saturated carbocycles. The van der Waals surface area contributed by atoms with E-state index in [-0.39, 0.29) is 6.04 Å². The molecule has 102 valence electrons. The maximum Gasteiger partial charge on any atom is 0.118 e. The van der Waals surface area contributed by atoms with Crippen molar-refractivity contribution in [1.82, 2.24) is 10.3 Å². The molecule has 1 N–H and O–H groups in total. The maximum absolute atomic E-state index is 5.19. The number of nitrogens with zero attached hydrogens (tertiary/aromatic N) is 1. The van der Waals surface area contributed by atoms with Crippen molar-refractivity contribution in [2.45, 2.75) is 32.4 Å². The molecule has 1 heterocycles. The summed E-state index contributed by atoms with van der Waals surface area (Å²) in [4.78, 5) is 4.36. The van der Waals surface area contributed by atoms with Crippen LogP contribution in [0.1, 0.15) is 43.6 Å². The Labute approximate surface area is 118 Å². The summed E-state index contributed by atoms with van der Waals surface area (Å²) in [6.07, 6.45) is 1.04. The Balaban J connectivity index is 2.06. The Kier molecular flexibility index (Phi) is 4.93. The second kappa shape index (κ2) is 6.68. The molecule has 4 heteroatoms. The van der Waals surface area contributed by atoms with Crippen LogP contribution in [0.15, 0.2) is 35.2 Å². The lowest BCUT2D eigenvalue weighted by atomic mass is 10.0. The molecule has 1 aromatic heterocycles. The molecule has 0 aliphatic heterocycles. The molecular formula is C15H20N2OS. The number of thiazole rings is 1. The third kappa shape index (κ3) is 3.55. The number of hydrogen-bond acceptors (Lipinski definition) is 4. The highest BCUT2D eigenvalue weighted by atomic mass is 32.1. The van der Waals surface area contributed by atoms with Crippen molar-refractivity contribution < 1.29 is 4.74 Å². The lowest BCUT2D eigenvalue weighted by molar-refractivity contribution is 0.413. The lowest BCUT2D eigenvalue weighted by Crippen LogP contribution is -2.24. The van der Waals surface area contributed by atoms with E-state index in [0.29, 0.717) is 6.04 Å². The summed E-state index contributed by atoms with van der Waals surface area (Å²) in [7, 11) is 1.69.